The van der Waals surface area contributed by atoms with E-state index in [9.17, 15) is 13.2 Å². The van der Waals surface area contributed by atoms with Crippen LogP contribution in [0.15, 0.2) is 53.7 Å². The minimum atomic E-state index is -4.38. The van der Waals surface area contributed by atoms with Crippen molar-refractivity contribution in [2.24, 2.45) is 4.99 Å². The molecule has 0 amide bonds. The standard InChI is InChI=1S/C22H28F3N5O.HI/c1-26-21(28-14-17-9-10-20(27-13-17)31-16-22(23,24)25)29-15-19(30-11-5-6-12-30)18-7-3-2-4-8-18;/h2-4,7-10,13,19H,5-6,11-12,14-16H2,1H3,(H2,26,28,29);1H. The molecular weight excluding hydrogens is 534 g/mol. The van der Waals surface area contributed by atoms with E-state index in [4.69, 9.17) is 0 Å². The van der Waals surface area contributed by atoms with Crippen molar-refractivity contribution in [3.63, 3.8) is 0 Å². The van der Waals surface area contributed by atoms with Crippen LogP contribution in [0.1, 0.15) is 30.0 Å². The Morgan fingerprint density at radius 2 is 1.84 bits per heavy atom. The Kier molecular flexibility index (Phi) is 10.5. The van der Waals surface area contributed by atoms with Gasteiger partial charge in [-0.05, 0) is 37.1 Å². The number of aliphatic imine (C=N–C) groups is 1. The normalized spacial score (nSPS) is 15.7. The number of nitrogens with zero attached hydrogens (tertiary/aromatic N) is 3. The van der Waals surface area contributed by atoms with Crippen molar-refractivity contribution in [3.8, 4) is 5.88 Å². The molecular formula is C22H29F3IN5O. The number of pyridine rings is 1. The summed E-state index contributed by atoms with van der Waals surface area (Å²) < 4.78 is 41.3. The van der Waals surface area contributed by atoms with Gasteiger partial charge >= 0.3 is 6.18 Å². The van der Waals surface area contributed by atoms with Crippen LogP contribution in [-0.4, -0.2) is 55.3 Å². The zero-order valence-electron chi connectivity index (χ0n) is 17.9. The first kappa shape index (κ1) is 26.2. The Morgan fingerprint density at radius 3 is 2.44 bits per heavy atom. The van der Waals surface area contributed by atoms with E-state index in [1.54, 1.807) is 13.1 Å². The second-order valence-corrected chi connectivity index (χ2v) is 7.38. The summed E-state index contributed by atoms with van der Waals surface area (Å²) in [5.41, 5.74) is 2.08. The Balaban J connectivity index is 0.00000363. The smallest absolute Gasteiger partial charge is 0.422 e. The molecule has 1 aliphatic rings. The van der Waals surface area contributed by atoms with Gasteiger partial charge in [-0.2, -0.15) is 13.2 Å². The molecule has 0 spiro atoms. The summed E-state index contributed by atoms with van der Waals surface area (Å²) in [7, 11) is 1.70. The molecule has 1 unspecified atom stereocenters. The highest BCUT2D eigenvalue weighted by Gasteiger charge is 2.28. The minimum Gasteiger partial charge on any atom is -0.468 e. The molecule has 176 valence electrons. The van der Waals surface area contributed by atoms with E-state index in [1.807, 2.05) is 6.07 Å². The number of aromatic nitrogens is 1. The molecule has 1 fully saturated rings. The van der Waals surface area contributed by atoms with E-state index in [1.165, 1.54) is 30.7 Å². The lowest BCUT2D eigenvalue weighted by atomic mass is 10.1. The first-order valence-corrected chi connectivity index (χ1v) is 10.3. The van der Waals surface area contributed by atoms with E-state index in [0.717, 1.165) is 18.7 Å². The summed E-state index contributed by atoms with van der Waals surface area (Å²) in [5.74, 6) is 0.595. The number of hydrogen-bond acceptors (Lipinski definition) is 4. The van der Waals surface area contributed by atoms with Gasteiger partial charge in [-0.15, -0.1) is 24.0 Å². The number of hydrogen-bond donors (Lipinski definition) is 2. The molecule has 1 aromatic heterocycles. The van der Waals surface area contributed by atoms with Crippen molar-refractivity contribution in [3.05, 3.63) is 59.8 Å². The first-order chi connectivity index (χ1) is 14.9. The molecule has 1 aromatic carbocycles. The van der Waals surface area contributed by atoms with E-state index in [2.05, 4.69) is 54.5 Å². The molecule has 0 saturated carbocycles. The average molecular weight is 563 g/mol. The van der Waals surface area contributed by atoms with Crippen LogP contribution in [0.2, 0.25) is 0 Å². The van der Waals surface area contributed by atoms with Crippen LogP contribution >= 0.6 is 24.0 Å². The average Bonchev–Trinajstić information content (AvgIpc) is 3.30. The van der Waals surface area contributed by atoms with Crippen LogP contribution in [0.4, 0.5) is 13.2 Å². The summed E-state index contributed by atoms with van der Waals surface area (Å²) in [6.07, 6.45) is -0.465. The van der Waals surface area contributed by atoms with Crippen molar-refractivity contribution in [2.45, 2.75) is 31.6 Å². The number of alkyl halides is 3. The van der Waals surface area contributed by atoms with Crippen LogP contribution in [0.25, 0.3) is 0 Å². The number of nitrogens with one attached hydrogen (secondary N) is 2. The summed E-state index contributed by atoms with van der Waals surface area (Å²) in [5, 5.41) is 6.61. The Hall–Kier alpha value is -2.08. The topological polar surface area (TPSA) is 61.8 Å². The Labute approximate surface area is 203 Å². The predicted molar refractivity (Wildman–Crippen MR) is 129 cm³/mol. The van der Waals surface area contributed by atoms with Crippen molar-refractivity contribution in [1.82, 2.24) is 20.5 Å². The second kappa shape index (κ2) is 12.8. The molecule has 32 heavy (non-hydrogen) atoms. The Bertz CT molecular complexity index is 828. The fourth-order valence-electron chi connectivity index (χ4n) is 3.54. The SMILES string of the molecule is CN=C(NCc1ccc(OCC(F)(F)F)nc1)NCC(c1ccccc1)N1CCCC1.I. The molecule has 0 aliphatic carbocycles. The lowest BCUT2D eigenvalue weighted by molar-refractivity contribution is -0.154. The fraction of sp³-hybridized carbons (Fsp3) is 0.455. The van der Waals surface area contributed by atoms with Crippen LogP contribution < -0.4 is 15.4 Å². The highest BCUT2D eigenvalue weighted by Crippen LogP contribution is 2.24. The molecule has 10 heteroatoms. The largest absolute Gasteiger partial charge is 0.468 e. The fourth-order valence-corrected chi connectivity index (χ4v) is 3.54. The van der Waals surface area contributed by atoms with Gasteiger partial charge in [-0.3, -0.25) is 9.89 Å². The van der Waals surface area contributed by atoms with Crippen LogP contribution in [0, 0.1) is 0 Å². The molecule has 0 bridgehead atoms. The molecule has 2 N–H and O–H groups in total. The zero-order chi connectivity index (χ0) is 22.1. The second-order valence-electron chi connectivity index (χ2n) is 7.38. The summed E-state index contributed by atoms with van der Waals surface area (Å²) in [6, 6.07) is 13.8. The molecule has 1 saturated heterocycles. The lowest BCUT2D eigenvalue weighted by Gasteiger charge is -2.29. The van der Waals surface area contributed by atoms with E-state index in [0.29, 0.717) is 19.0 Å². The highest BCUT2D eigenvalue weighted by atomic mass is 127. The molecule has 3 rings (SSSR count). The molecule has 1 atom stereocenters. The van der Waals surface area contributed by atoms with Gasteiger partial charge in [0.15, 0.2) is 12.6 Å². The van der Waals surface area contributed by atoms with Crippen LogP contribution in [0.3, 0.4) is 0 Å². The molecule has 1 aliphatic heterocycles. The van der Waals surface area contributed by atoms with E-state index >= 15 is 0 Å². The van der Waals surface area contributed by atoms with Crippen molar-refractivity contribution in [1.29, 1.82) is 0 Å². The van der Waals surface area contributed by atoms with Gasteiger partial charge < -0.3 is 15.4 Å². The summed E-state index contributed by atoms with van der Waals surface area (Å²) in [6.45, 7) is 1.97. The number of likely N-dealkylation sites (tertiary alicyclic amines) is 1. The number of halogens is 4. The third-order valence-electron chi connectivity index (χ3n) is 5.09. The quantitative estimate of drug-likeness (QED) is 0.287. The van der Waals surface area contributed by atoms with Gasteiger partial charge in [-0.1, -0.05) is 36.4 Å². The van der Waals surface area contributed by atoms with Crippen LogP contribution in [0.5, 0.6) is 5.88 Å². The number of guanidine groups is 1. The zero-order valence-corrected chi connectivity index (χ0v) is 20.3. The van der Waals surface area contributed by atoms with Gasteiger partial charge in [0, 0.05) is 32.4 Å². The maximum atomic E-state index is 12.2. The van der Waals surface area contributed by atoms with E-state index in [-0.39, 0.29) is 35.9 Å². The molecule has 2 heterocycles. The van der Waals surface area contributed by atoms with Gasteiger partial charge in [0.1, 0.15) is 0 Å². The Morgan fingerprint density at radius 1 is 1.12 bits per heavy atom. The van der Waals surface area contributed by atoms with Crippen LogP contribution in [-0.2, 0) is 6.54 Å². The highest BCUT2D eigenvalue weighted by molar-refractivity contribution is 14.0. The predicted octanol–water partition coefficient (Wildman–Crippen LogP) is 4.14. The van der Waals surface area contributed by atoms with Crippen molar-refractivity contribution < 1.29 is 17.9 Å². The molecule has 6 nitrogen and oxygen atoms in total. The first-order valence-electron chi connectivity index (χ1n) is 10.3. The van der Waals surface area contributed by atoms with Crippen molar-refractivity contribution >= 4 is 29.9 Å². The monoisotopic (exact) mass is 563 g/mol. The summed E-state index contributed by atoms with van der Waals surface area (Å²) in [4.78, 5) is 10.7. The maximum Gasteiger partial charge on any atom is 0.422 e. The van der Waals surface area contributed by atoms with Gasteiger partial charge in [0.2, 0.25) is 5.88 Å². The van der Waals surface area contributed by atoms with Gasteiger partial charge in [0.25, 0.3) is 0 Å². The maximum absolute atomic E-state index is 12.2. The molecule has 0 radical (unpaired) electrons. The van der Waals surface area contributed by atoms with Gasteiger partial charge in [-0.25, -0.2) is 4.98 Å². The van der Waals surface area contributed by atoms with E-state index < -0.39 is 12.8 Å². The third kappa shape index (κ3) is 8.45. The third-order valence-corrected chi connectivity index (χ3v) is 5.09. The number of benzene rings is 1. The lowest BCUT2D eigenvalue weighted by Crippen LogP contribution is -2.42. The van der Waals surface area contributed by atoms with Crippen molar-refractivity contribution in [2.75, 3.05) is 33.3 Å². The minimum absolute atomic E-state index is 0. The number of rotatable bonds is 8. The summed E-state index contributed by atoms with van der Waals surface area (Å²) >= 11 is 0. The van der Waals surface area contributed by atoms with Gasteiger partial charge in [0.05, 0.1) is 6.04 Å². The number of ether oxygens (including phenoxy) is 1. The molecule has 2 aromatic rings.